The summed E-state index contributed by atoms with van der Waals surface area (Å²) in [6.45, 7) is 4.88. The molecule has 2 aliphatic carbocycles. The highest BCUT2D eigenvalue weighted by atomic mass is 32.2. The molecule has 2 saturated carbocycles. The second-order valence-corrected chi connectivity index (χ2v) is 11.4. The average molecular weight is 421 g/mol. The number of rotatable bonds is 4. The zero-order valence-electron chi connectivity index (χ0n) is 17.5. The molecule has 2 fully saturated rings. The Bertz CT molecular complexity index is 1080. The summed E-state index contributed by atoms with van der Waals surface area (Å²) in [4.78, 5) is 13.3. The molecule has 158 valence electrons. The third-order valence-corrected chi connectivity index (χ3v) is 8.42. The van der Waals surface area contributed by atoms with Gasteiger partial charge in [-0.1, -0.05) is 25.0 Å². The Balaban J connectivity index is 1.79. The monoisotopic (exact) mass is 420 g/mol. The topological polar surface area (TPSA) is 68.2 Å². The molecule has 2 bridgehead atoms. The number of halogens is 1. The number of hydrogen-bond donors (Lipinski definition) is 1. The molecule has 3 atom stereocenters. The number of nitrogens with one attached hydrogen (secondary N) is 1. The van der Waals surface area contributed by atoms with Crippen molar-refractivity contribution in [2.45, 2.75) is 64.3 Å². The van der Waals surface area contributed by atoms with Gasteiger partial charge in [-0.25, -0.2) is 12.8 Å². The normalized spacial score (nSPS) is 25.3. The van der Waals surface area contributed by atoms with Crippen molar-refractivity contribution in [3.8, 4) is 0 Å². The average Bonchev–Trinajstić information content (AvgIpc) is 3.13. The van der Waals surface area contributed by atoms with Crippen molar-refractivity contribution in [3.05, 3.63) is 34.8 Å². The summed E-state index contributed by atoms with van der Waals surface area (Å²) in [5.74, 6) is 0.663. The minimum absolute atomic E-state index is 0.133. The number of sulfone groups is 1. The van der Waals surface area contributed by atoms with Gasteiger partial charge in [0.05, 0.1) is 11.1 Å². The highest BCUT2D eigenvalue weighted by molar-refractivity contribution is 7.90. The lowest BCUT2D eigenvalue weighted by molar-refractivity contribution is 0.0919. The van der Waals surface area contributed by atoms with Crippen LogP contribution in [0.2, 0.25) is 0 Å². The fraction of sp³-hybridized carbons (Fsp3) is 0.591. The van der Waals surface area contributed by atoms with Crippen LogP contribution in [0.25, 0.3) is 10.9 Å². The summed E-state index contributed by atoms with van der Waals surface area (Å²) in [6, 6.07) is 3.50. The van der Waals surface area contributed by atoms with E-state index in [9.17, 15) is 13.2 Å². The maximum absolute atomic E-state index is 15.1. The van der Waals surface area contributed by atoms with Gasteiger partial charge in [0, 0.05) is 23.4 Å². The van der Waals surface area contributed by atoms with E-state index < -0.39 is 21.0 Å². The van der Waals surface area contributed by atoms with Gasteiger partial charge < -0.3 is 9.88 Å². The Hall–Kier alpha value is -1.89. The smallest absolute Gasteiger partial charge is 0.253 e. The Morgan fingerprint density at radius 1 is 1.17 bits per heavy atom. The lowest BCUT2D eigenvalue weighted by atomic mass is 9.85. The van der Waals surface area contributed by atoms with Crippen LogP contribution in [0, 0.1) is 31.5 Å². The molecule has 1 amide bonds. The second kappa shape index (κ2) is 7.11. The first kappa shape index (κ1) is 20.4. The Morgan fingerprint density at radius 2 is 1.79 bits per heavy atom. The molecule has 0 saturated heterocycles. The zero-order valence-corrected chi connectivity index (χ0v) is 18.3. The summed E-state index contributed by atoms with van der Waals surface area (Å²) in [6.07, 6.45) is 6.87. The van der Waals surface area contributed by atoms with Gasteiger partial charge >= 0.3 is 0 Å². The van der Waals surface area contributed by atoms with E-state index in [4.69, 9.17) is 0 Å². The van der Waals surface area contributed by atoms with E-state index >= 15 is 4.39 Å². The molecule has 29 heavy (non-hydrogen) atoms. The molecule has 4 rings (SSSR count). The highest BCUT2D eigenvalue weighted by Gasteiger charge is 2.36. The van der Waals surface area contributed by atoms with Gasteiger partial charge in [0.25, 0.3) is 5.91 Å². The fourth-order valence-corrected chi connectivity index (χ4v) is 6.05. The van der Waals surface area contributed by atoms with Gasteiger partial charge in [-0.15, -0.1) is 0 Å². The molecule has 1 N–H and O–H groups in total. The molecule has 3 unspecified atom stereocenters. The minimum atomic E-state index is -3.48. The van der Waals surface area contributed by atoms with Crippen molar-refractivity contribution in [2.24, 2.45) is 11.8 Å². The largest absolute Gasteiger partial charge is 0.349 e. The van der Waals surface area contributed by atoms with Crippen LogP contribution in [-0.2, 0) is 9.84 Å². The molecule has 5 nitrogen and oxygen atoms in total. The first-order chi connectivity index (χ1) is 13.6. The van der Waals surface area contributed by atoms with Crippen LogP contribution in [0.1, 0.15) is 66.0 Å². The number of carbonyl (C=O) groups excluding carboxylic acids is 1. The summed E-state index contributed by atoms with van der Waals surface area (Å²) in [7, 11) is -3.48. The van der Waals surface area contributed by atoms with Crippen LogP contribution in [0.4, 0.5) is 4.39 Å². The highest BCUT2D eigenvalue weighted by Crippen LogP contribution is 2.42. The summed E-state index contributed by atoms with van der Waals surface area (Å²) >= 11 is 0. The van der Waals surface area contributed by atoms with Crippen molar-refractivity contribution in [1.29, 1.82) is 0 Å². The van der Waals surface area contributed by atoms with Gasteiger partial charge in [0.15, 0.2) is 9.84 Å². The van der Waals surface area contributed by atoms with E-state index in [1.54, 1.807) is 26.0 Å². The molecule has 2 aromatic rings. The van der Waals surface area contributed by atoms with E-state index in [0.29, 0.717) is 34.0 Å². The van der Waals surface area contributed by atoms with E-state index in [0.717, 1.165) is 19.1 Å². The fourth-order valence-electron chi connectivity index (χ4n) is 5.40. The molecule has 7 heteroatoms. The lowest BCUT2D eigenvalue weighted by Crippen LogP contribution is -2.39. The van der Waals surface area contributed by atoms with Gasteiger partial charge in [0.2, 0.25) is 0 Å². The first-order valence-electron chi connectivity index (χ1n) is 10.4. The van der Waals surface area contributed by atoms with Gasteiger partial charge in [-0.3, -0.25) is 4.79 Å². The van der Waals surface area contributed by atoms with Crippen molar-refractivity contribution >= 4 is 26.6 Å². The molecular weight excluding hydrogens is 391 g/mol. The third-order valence-electron chi connectivity index (χ3n) is 6.97. The van der Waals surface area contributed by atoms with E-state index in [1.165, 1.54) is 30.8 Å². The number of hydrogen-bond acceptors (Lipinski definition) is 3. The van der Waals surface area contributed by atoms with Gasteiger partial charge in [0.1, 0.15) is 11.2 Å². The molecule has 0 spiro atoms. The maximum Gasteiger partial charge on any atom is 0.253 e. The number of aryl methyl sites for hydroxylation is 1. The zero-order chi connectivity index (χ0) is 21.1. The standard InChI is InChI=1S/C22H29FN2O3S/c1-12-5-8-18-19(22(26)24-17-10-15-6-7-16(9-15)11-17)13(2)25(21(18)20(12)23)14(3)29(4,27)28/h5,8,14-17H,6-7,9-11H2,1-4H3,(H,24,26). The van der Waals surface area contributed by atoms with Crippen LogP contribution in [-0.4, -0.2) is 31.2 Å². The summed E-state index contributed by atoms with van der Waals surface area (Å²) in [5.41, 5.74) is 1.48. The van der Waals surface area contributed by atoms with Crippen molar-refractivity contribution < 1.29 is 17.6 Å². The molecule has 2 aliphatic rings. The quantitative estimate of drug-likeness (QED) is 0.803. The first-order valence-corrected chi connectivity index (χ1v) is 12.3. The molecule has 0 radical (unpaired) electrons. The number of fused-ring (bicyclic) bond motifs is 3. The number of aromatic nitrogens is 1. The number of carbonyl (C=O) groups is 1. The number of amides is 1. The number of benzene rings is 1. The van der Waals surface area contributed by atoms with E-state index in [2.05, 4.69) is 5.32 Å². The Kier molecular flexibility index (Phi) is 5.00. The van der Waals surface area contributed by atoms with Crippen LogP contribution in [0.3, 0.4) is 0 Å². The second-order valence-electron chi connectivity index (χ2n) is 9.04. The van der Waals surface area contributed by atoms with Crippen LogP contribution < -0.4 is 5.32 Å². The van der Waals surface area contributed by atoms with Gasteiger partial charge in [-0.05, 0) is 57.4 Å². The van der Waals surface area contributed by atoms with Crippen molar-refractivity contribution in [2.75, 3.05) is 6.26 Å². The van der Waals surface area contributed by atoms with E-state index in [1.807, 2.05) is 0 Å². The Morgan fingerprint density at radius 3 is 2.38 bits per heavy atom. The molecule has 1 aromatic heterocycles. The summed E-state index contributed by atoms with van der Waals surface area (Å²) < 4.78 is 41.1. The predicted molar refractivity (Wildman–Crippen MR) is 112 cm³/mol. The lowest BCUT2D eigenvalue weighted by Gasteiger charge is -2.28. The predicted octanol–water partition coefficient (Wildman–Crippen LogP) is 4.27. The third kappa shape index (κ3) is 3.47. The van der Waals surface area contributed by atoms with Gasteiger partial charge in [-0.2, -0.15) is 0 Å². The SMILES string of the molecule is Cc1ccc2c(C(=O)NC3CC4CCC(C4)C3)c(C)n(C(C)S(C)(=O)=O)c2c1F. The number of nitrogens with zero attached hydrogens (tertiary/aromatic N) is 1. The molecule has 1 aromatic carbocycles. The van der Waals surface area contributed by atoms with Crippen molar-refractivity contribution in [3.63, 3.8) is 0 Å². The van der Waals surface area contributed by atoms with E-state index in [-0.39, 0.29) is 17.5 Å². The molecule has 1 heterocycles. The summed E-state index contributed by atoms with van der Waals surface area (Å²) in [5, 5.41) is 2.68. The van der Waals surface area contributed by atoms with Crippen molar-refractivity contribution in [1.82, 2.24) is 9.88 Å². The Labute approximate surface area is 171 Å². The molecule has 0 aliphatic heterocycles. The van der Waals surface area contributed by atoms with Crippen LogP contribution in [0.15, 0.2) is 12.1 Å². The minimum Gasteiger partial charge on any atom is -0.349 e. The van der Waals surface area contributed by atoms with Crippen LogP contribution >= 0.6 is 0 Å². The molecular formula is C22H29FN2O3S. The van der Waals surface area contributed by atoms with Crippen LogP contribution in [0.5, 0.6) is 0 Å². The maximum atomic E-state index is 15.1.